The minimum absolute atomic E-state index is 0.299. The van der Waals surface area contributed by atoms with Crippen LogP contribution in [0.5, 0.6) is 0 Å². The van der Waals surface area contributed by atoms with Gasteiger partial charge in [-0.25, -0.2) is 0 Å². The molecular formula is C13H25NO. The number of hydrogen-bond donors (Lipinski definition) is 1. The van der Waals surface area contributed by atoms with Crippen LogP contribution in [0.1, 0.15) is 52.4 Å². The summed E-state index contributed by atoms with van der Waals surface area (Å²) in [5.74, 6) is 0.815. The van der Waals surface area contributed by atoms with E-state index in [1.54, 1.807) is 0 Å². The molecule has 1 atom stereocenters. The van der Waals surface area contributed by atoms with Crippen LogP contribution in [0.15, 0.2) is 0 Å². The molecule has 1 N–H and O–H groups in total. The minimum Gasteiger partial charge on any atom is -0.375 e. The van der Waals surface area contributed by atoms with Gasteiger partial charge in [0.05, 0.1) is 5.60 Å². The van der Waals surface area contributed by atoms with Crippen LogP contribution in [-0.4, -0.2) is 24.8 Å². The van der Waals surface area contributed by atoms with E-state index < -0.39 is 0 Å². The third kappa shape index (κ3) is 2.94. The van der Waals surface area contributed by atoms with Crippen LogP contribution in [-0.2, 0) is 4.74 Å². The second-order valence-electron chi connectivity index (χ2n) is 5.71. The number of rotatable bonds is 4. The number of ether oxygens (including phenoxy) is 1. The molecule has 0 aromatic heterocycles. The third-order valence-corrected chi connectivity index (χ3v) is 3.91. The summed E-state index contributed by atoms with van der Waals surface area (Å²) in [6, 6.07) is 0.720. The van der Waals surface area contributed by atoms with Gasteiger partial charge in [-0.15, -0.1) is 0 Å². The summed E-state index contributed by atoms with van der Waals surface area (Å²) in [7, 11) is 0. The molecule has 1 heterocycles. The van der Waals surface area contributed by atoms with Crippen molar-refractivity contribution < 1.29 is 4.74 Å². The predicted octanol–water partition coefficient (Wildman–Crippen LogP) is 2.72. The van der Waals surface area contributed by atoms with E-state index in [1.165, 1.54) is 45.1 Å². The highest BCUT2D eigenvalue weighted by molar-refractivity contribution is 4.95. The zero-order valence-corrected chi connectivity index (χ0v) is 10.2. The van der Waals surface area contributed by atoms with Crippen LogP contribution in [0.4, 0.5) is 0 Å². The molecule has 1 aliphatic heterocycles. The fourth-order valence-corrected chi connectivity index (χ4v) is 2.70. The van der Waals surface area contributed by atoms with Crippen LogP contribution in [0.2, 0.25) is 0 Å². The Kier molecular flexibility index (Phi) is 3.68. The van der Waals surface area contributed by atoms with Crippen molar-refractivity contribution >= 4 is 0 Å². The second kappa shape index (κ2) is 4.84. The molecule has 2 aliphatic rings. The zero-order valence-electron chi connectivity index (χ0n) is 10.2. The molecule has 2 heteroatoms. The first-order valence-electron chi connectivity index (χ1n) is 6.58. The van der Waals surface area contributed by atoms with Crippen molar-refractivity contribution in [1.82, 2.24) is 5.32 Å². The van der Waals surface area contributed by atoms with Crippen LogP contribution in [0, 0.1) is 5.92 Å². The molecule has 0 radical (unpaired) electrons. The molecule has 0 amide bonds. The summed E-state index contributed by atoms with van der Waals surface area (Å²) in [5, 5.41) is 3.70. The van der Waals surface area contributed by atoms with Crippen molar-refractivity contribution in [3.05, 3.63) is 0 Å². The van der Waals surface area contributed by atoms with Crippen LogP contribution in [0.25, 0.3) is 0 Å². The number of hydrogen-bond acceptors (Lipinski definition) is 2. The molecule has 1 aliphatic carbocycles. The van der Waals surface area contributed by atoms with Crippen molar-refractivity contribution in [3.8, 4) is 0 Å². The highest BCUT2D eigenvalue weighted by Gasteiger charge is 2.42. The lowest BCUT2D eigenvalue weighted by Crippen LogP contribution is -2.51. The van der Waals surface area contributed by atoms with Gasteiger partial charge in [-0.3, -0.25) is 0 Å². The lowest BCUT2D eigenvalue weighted by molar-refractivity contribution is -0.135. The average Bonchev–Trinajstić information content (AvgIpc) is 2.15. The zero-order chi connectivity index (χ0) is 10.7. The van der Waals surface area contributed by atoms with E-state index in [0.717, 1.165) is 18.6 Å². The molecule has 0 aromatic carbocycles. The van der Waals surface area contributed by atoms with E-state index in [0.29, 0.717) is 5.60 Å². The summed E-state index contributed by atoms with van der Waals surface area (Å²) in [6.07, 6.45) is 7.73. The summed E-state index contributed by atoms with van der Waals surface area (Å²) in [4.78, 5) is 0. The van der Waals surface area contributed by atoms with Crippen molar-refractivity contribution in [2.24, 2.45) is 5.92 Å². The summed E-state index contributed by atoms with van der Waals surface area (Å²) in [6.45, 7) is 6.73. The molecule has 1 unspecified atom stereocenters. The molecule has 1 saturated heterocycles. The molecule has 88 valence electrons. The van der Waals surface area contributed by atoms with Crippen molar-refractivity contribution in [3.63, 3.8) is 0 Å². The smallest absolute Gasteiger partial charge is 0.0697 e. The average molecular weight is 211 g/mol. The molecule has 0 aromatic rings. The van der Waals surface area contributed by atoms with Gasteiger partial charge in [-0.2, -0.15) is 0 Å². The first-order chi connectivity index (χ1) is 7.20. The van der Waals surface area contributed by atoms with E-state index in [1.807, 2.05) is 0 Å². The predicted molar refractivity (Wildman–Crippen MR) is 63.0 cm³/mol. The third-order valence-electron chi connectivity index (χ3n) is 3.91. The van der Waals surface area contributed by atoms with Gasteiger partial charge in [0, 0.05) is 12.6 Å². The Morgan fingerprint density at radius 1 is 1.40 bits per heavy atom. The summed E-state index contributed by atoms with van der Waals surface area (Å²) < 4.78 is 5.92. The SMILES string of the molecule is CC(C)CCNC1CCOC2(CCC2)C1. The first-order valence-corrected chi connectivity index (χ1v) is 6.58. The van der Waals surface area contributed by atoms with Gasteiger partial charge in [-0.1, -0.05) is 13.8 Å². The lowest BCUT2D eigenvalue weighted by atomic mass is 9.74. The van der Waals surface area contributed by atoms with Crippen molar-refractivity contribution in [1.29, 1.82) is 0 Å². The summed E-state index contributed by atoms with van der Waals surface area (Å²) in [5.41, 5.74) is 0.299. The molecule has 15 heavy (non-hydrogen) atoms. The maximum absolute atomic E-state index is 5.92. The fourth-order valence-electron chi connectivity index (χ4n) is 2.70. The monoisotopic (exact) mass is 211 g/mol. The van der Waals surface area contributed by atoms with Crippen LogP contribution >= 0.6 is 0 Å². The van der Waals surface area contributed by atoms with E-state index in [9.17, 15) is 0 Å². The molecule has 2 fully saturated rings. The Balaban J connectivity index is 1.69. The number of nitrogens with one attached hydrogen (secondary N) is 1. The quantitative estimate of drug-likeness (QED) is 0.772. The molecule has 1 saturated carbocycles. The van der Waals surface area contributed by atoms with Gasteiger partial charge in [0.15, 0.2) is 0 Å². The molecule has 0 bridgehead atoms. The molecular weight excluding hydrogens is 186 g/mol. The van der Waals surface area contributed by atoms with E-state index in [2.05, 4.69) is 19.2 Å². The van der Waals surface area contributed by atoms with Gasteiger partial charge in [0.25, 0.3) is 0 Å². The maximum atomic E-state index is 5.92. The van der Waals surface area contributed by atoms with Crippen LogP contribution in [0.3, 0.4) is 0 Å². The highest BCUT2D eigenvalue weighted by atomic mass is 16.5. The van der Waals surface area contributed by atoms with Gasteiger partial charge >= 0.3 is 0 Å². The fraction of sp³-hybridized carbons (Fsp3) is 1.00. The maximum Gasteiger partial charge on any atom is 0.0697 e. The van der Waals surface area contributed by atoms with Gasteiger partial charge in [0.1, 0.15) is 0 Å². The largest absolute Gasteiger partial charge is 0.375 e. The Hall–Kier alpha value is -0.0800. The minimum atomic E-state index is 0.299. The Labute approximate surface area is 93.8 Å². The second-order valence-corrected chi connectivity index (χ2v) is 5.71. The van der Waals surface area contributed by atoms with Gasteiger partial charge in [0.2, 0.25) is 0 Å². The first kappa shape index (κ1) is 11.4. The lowest BCUT2D eigenvalue weighted by Gasteiger charge is -2.47. The Morgan fingerprint density at radius 3 is 2.80 bits per heavy atom. The van der Waals surface area contributed by atoms with Gasteiger partial charge in [-0.05, 0) is 51.0 Å². The summed E-state index contributed by atoms with van der Waals surface area (Å²) >= 11 is 0. The Bertz CT molecular complexity index is 199. The normalized spacial score (nSPS) is 29.4. The van der Waals surface area contributed by atoms with E-state index in [-0.39, 0.29) is 0 Å². The molecule has 2 rings (SSSR count). The highest BCUT2D eigenvalue weighted by Crippen LogP contribution is 2.42. The molecule has 1 spiro atoms. The van der Waals surface area contributed by atoms with Crippen LogP contribution < -0.4 is 5.32 Å². The van der Waals surface area contributed by atoms with Crippen molar-refractivity contribution in [2.45, 2.75) is 64.0 Å². The molecule has 2 nitrogen and oxygen atoms in total. The topological polar surface area (TPSA) is 21.3 Å². The van der Waals surface area contributed by atoms with Gasteiger partial charge < -0.3 is 10.1 Å². The van der Waals surface area contributed by atoms with E-state index in [4.69, 9.17) is 4.74 Å². The Morgan fingerprint density at radius 2 is 2.20 bits per heavy atom. The standard InChI is InChI=1S/C13H25NO/c1-11(2)4-8-14-12-5-9-15-13(10-12)6-3-7-13/h11-12,14H,3-10H2,1-2H3. The van der Waals surface area contributed by atoms with Crippen molar-refractivity contribution in [2.75, 3.05) is 13.2 Å². The van der Waals surface area contributed by atoms with E-state index >= 15 is 0 Å².